The van der Waals surface area contributed by atoms with Crippen molar-refractivity contribution in [3.63, 3.8) is 0 Å². The van der Waals surface area contributed by atoms with Crippen molar-refractivity contribution in [2.75, 3.05) is 11.1 Å². The molecule has 0 saturated heterocycles. The van der Waals surface area contributed by atoms with Crippen LogP contribution in [0.15, 0.2) is 29.3 Å². The Morgan fingerprint density at radius 2 is 2.18 bits per heavy atom. The van der Waals surface area contributed by atoms with Gasteiger partial charge in [-0.2, -0.15) is 5.26 Å². The average Bonchev–Trinajstić information content (AvgIpc) is 2.64. The zero-order valence-corrected chi connectivity index (χ0v) is 17.8. The molecule has 1 amide bonds. The van der Waals surface area contributed by atoms with Crippen LogP contribution in [0.1, 0.15) is 44.0 Å². The van der Waals surface area contributed by atoms with Crippen molar-refractivity contribution < 1.29 is 4.79 Å². The van der Waals surface area contributed by atoms with Crippen molar-refractivity contribution >= 4 is 35.1 Å². The van der Waals surface area contributed by atoms with Crippen molar-refractivity contribution in [1.82, 2.24) is 9.97 Å². The number of hydrogen-bond donors (Lipinski definition) is 1. The number of anilines is 1. The second kappa shape index (κ2) is 8.50. The smallest absolute Gasteiger partial charge is 0.235 e. The fourth-order valence-electron chi connectivity index (χ4n) is 3.37. The summed E-state index contributed by atoms with van der Waals surface area (Å²) < 4.78 is 0. The Balaban J connectivity index is 1.69. The van der Waals surface area contributed by atoms with Gasteiger partial charge in [0.1, 0.15) is 22.1 Å². The SMILES string of the molecule is CC(C)(C)C1CCc2nc(SCC(=O)Nc3cccc(Cl)n3)c(C#N)cc2C1. The number of nitriles is 1. The number of carbonyl (C=O) groups excluding carboxylic acids is 1. The van der Waals surface area contributed by atoms with Crippen LogP contribution < -0.4 is 5.32 Å². The molecule has 0 aliphatic heterocycles. The Morgan fingerprint density at radius 3 is 2.86 bits per heavy atom. The van der Waals surface area contributed by atoms with E-state index in [1.807, 2.05) is 6.07 Å². The van der Waals surface area contributed by atoms with Gasteiger partial charge in [-0.1, -0.05) is 50.2 Å². The molecule has 146 valence electrons. The summed E-state index contributed by atoms with van der Waals surface area (Å²) in [6.45, 7) is 6.79. The highest BCUT2D eigenvalue weighted by Gasteiger charge is 2.30. The van der Waals surface area contributed by atoms with Crippen LogP contribution in [0, 0.1) is 22.7 Å². The number of rotatable bonds is 4. The molecule has 0 fully saturated rings. The van der Waals surface area contributed by atoms with E-state index in [2.05, 4.69) is 37.1 Å². The van der Waals surface area contributed by atoms with Crippen LogP contribution >= 0.6 is 23.4 Å². The molecule has 0 saturated carbocycles. The Kier molecular flexibility index (Phi) is 6.26. The van der Waals surface area contributed by atoms with E-state index in [1.54, 1.807) is 18.2 Å². The molecular formula is C21H23ClN4OS. The van der Waals surface area contributed by atoms with Gasteiger partial charge in [0.15, 0.2) is 0 Å². The summed E-state index contributed by atoms with van der Waals surface area (Å²) in [4.78, 5) is 21.0. The van der Waals surface area contributed by atoms with Crippen LogP contribution in [0.2, 0.25) is 5.15 Å². The first kappa shape index (κ1) is 20.6. The number of hydrogen-bond acceptors (Lipinski definition) is 5. The second-order valence-electron chi connectivity index (χ2n) is 8.05. The fourth-order valence-corrected chi connectivity index (χ4v) is 4.30. The van der Waals surface area contributed by atoms with Crippen LogP contribution in [-0.2, 0) is 17.6 Å². The number of amides is 1. The van der Waals surface area contributed by atoms with Crippen molar-refractivity contribution in [3.8, 4) is 6.07 Å². The van der Waals surface area contributed by atoms with Crippen molar-refractivity contribution in [3.05, 3.63) is 46.2 Å². The number of nitrogens with zero attached hydrogens (tertiary/aromatic N) is 3. The molecule has 28 heavy (non-hydrogen) atoms. The topological polar surface area (TPSA) is 78.7 Å². The Labute approximate surface area is 174 Å². The van der Waals surface area contributed by atoms with E-state index in [1.165, 1.54) is 17.3 Å². The summed E-state index contributed by atoms with van der Waals surface area (Å²) in [6.07, 6.45) is 2.96. The summed E-state index contributed by atoms with van der Waals surface area (Å²) in [5.41, 5.74) is 3.00. The normalized spacial score (nSPS) is 16.2. The molecule has 1 aliphatic carbocycles. The minimum absolute atomic E-state index is 0.152. The standard InChI is InChI=1S/C21H23ClN4OS/c1-21(2,3)15-7-8-16-13(10-15)9-14(11-23)20(24-16)28-12-19(27)26-18-6-4-5-17(22)25-18/h4-6,9,15H,7-8,10,12H2,1-3H3,(H,25,26,27). The summed E-state index contributed by atoms with van der Waals surface area (Å²) >= 11 is 7.11. The molecule has 0 spiro atoms. The lowest BCUT2D eigenvalue weighted by Gasteiger charge is -2.34. The van der Waals surface area contributed by atoms with Gasteiger partial charge in [-0.05, 0) is 54.4 Å². The summed E-state index contributed by atoms with van der Waals surface area (Å²) in [5.74, 6) is 0.934. The van der Waals surface area contributed by atoms with Crippen LogP contribution in [0.4, 0.5) is 5.82 Å². The minimum Gasteiger partial charge on any atom is -0.310 e. The van der Waals surface area contributed by atoms with Crippen LogP contribution in [-0.4, -0.2) is 21.6 Å². The number of aryl methyl sites for hydroxylation is 1. The van der Waals surface area contributed by atoms with Gasteiger partial charge >= 0.3 is 0 Å². The molecule has 3 rings (SSSR count). The van der Waals surface area contributed by atoms with Crippen molar-refractivity contribution in [2.24, 2.45) is 11.3 Å². The Morgan fingerprint density at radius 1 is 1.39 bits per heavy atom. The maximum atomic E-state index is 12.2. The van der Waals surface area contributed by atoms with E-state index >= 15 is 0 Å². The van der Waals surface area contributed by atoms with E-state index < -0.39 is 0 Å². The van der Waals surface area contributed by atoms with E-state index in [0.717, 1.165) is 25.0 Å². The van der Waals surface area contributed by atoms with Crippen molar-refractivity contribution in [2.45, 2.75) is 45.1 Å². The van der Waals surface area contributed by atoms with Crippen molar-refractivity contribution in [1.29, 1.82) is 5.26 Å². The zero-order chi connectivity index (χ0) is 20.3. The van der Waals surface area contributed by atoms with Crippen LogP contribution in [0.5, 0.6) is 0 Å². The Hall–Kier alpha value is -2.10. The van der Waals surface area contributed by atoms with Gasteiger partial charge < -0.3 is 5.32 Å². The lowest BCUT2D eigenvalue weighted by molar-refractivity contribution is -0.113. The van der Waals surface area contributed by atoms with Gasteiger partial charge in [-0.25, -0.2) is 9.97 Å². The molecule has 2 aromatic heterocycles. The molecule has 1 unspecified atom stereocenters. The van der Waals surface area contributed by atoms with E-state index in [-0.39, 0.29) is 17.1 Å². The highest BCUT2D eigenvalue weighted by Crippen LogP contribution is 2.38. The molecular weight excluding hydrogens is 392 g/mol. The van der Waals surface area contributed by atoms with Crippen LogP contribution in [0.25, 0.3) is 0 Å². The first-order valence-electron chi connectivity index (χ1n) is 9.24. The highest BCUT2D eigenvalue weighted by atomic mass is 35.5. The number of carbonyl (C=O) groups is 1. The number of halogens is 1. The number of thioether (sulfide) groups is 1. The third-order valence-electron chi connectivity index (χ3n) is 5.02. The zero-order valence-electron chi connectivity index (χ0n) is 16.3. The van der Waals surface area contributed by atoms with E-state index in [9.17, 15) is 10.1 Å². The predicted molar refractivity (Wildman–Crippen MR) is 113 cm³/mol. The lowest BCUT2D eigenvalue weighted by atomic mass is 9.71. The van der Waals surface area contributed by atoms with Gasteiger partial charge in [-0.3, -0.25) is 4.79 Å². The molecule has 1 N–H and O–H groups in total. The van der Waals surface area contributed by atoms with Gasteiger partial charge in [0, 0.05) is 5.69 Å². The average molecular weight is 415 g/mol. The lowest BCUT2D eigenvalue weighted by Crippen LogP contribution is -2.27. The summed E-state index contributed by atoms with van der Waals surface area (Å²) in [5, 5.41) is 13.2. The first-order valence-corrected chi connectivity index (χ1v) is 10.6. The minimum atomic E-state index is -0.212. The molecule has 1 aliphatic rings. The highest BCUT2D eigenvalue weighted by molar-refractivity contribution is 8.00. The summed E-state index contributed by atoms with van der Waals surface area (Å²) in [6, 6.07) is 9.24. The molecule has 0 bridgehead atoms. The van der Waals surface area contributed by atoms with E-state index in [0.29, 0.717) is 27.5 Å². The van der Waals surface area contributed by atoms with Crippen LogP contribution in [0.3, 0.4) is 0 Å². The number of nitrogens with one attached hydrogen (secondary N) is 1. The third kappa shape index (κ3) is 5.03. The molecule has 2 aromatic rings. The number of aromatic nitrogens is 2. The van der Waals surface area contributed by atoms with E-state index in [4.69, 9.17) is 16.6 Å². The molecule has 5 nitrogen and oxygen atoms in total. The monoisotopic (exact) mass is 414 g/mol. The maximum Gasteiger partial charge on any atom is 0.235 e. The first-order chi connectivity index (χ1) is 13.3. The molecule has 1 atom stereocenters. The van der Waals surface area contributed by atoms with Gasteiger partial charge in [0.2, 0.25) is 5.91 Å². The maximum absolute atomic E-state index is 12.2. The van der Waals surface area contributed by atoms with Gasteiger partial charge in [0.05, 0.1) is 11.3 Å². The summed E-state index contributed by atoms with van der Waals surface area (Å²) in [7, 11) is 0. The Bertz CT molecular complexity index is 933. The van der Waals surface area contributed by atoms with Gasteiger partial charge in [0.25, 0.3) is 0 Å². The second-order valence-corrected chi connectivity index (χ2v) is 9.40. The molecule has 2 heterocycles. The molecule has 0 radical (unpaired) electrons. The van der Waals surface area contributed by atoms with Gasteiger partial charge in [-0.15, -0.1) is 0 Å². The number of fused-ring (bicyclic) bond motifs is 1. The molecule has 7 heteroatoms. The number of pyridine rings is 2. The fraction of sp³-hybridized carbons (Fsp3) is 0.429. The molecule has 0 aromatic carbocycles. The largest absolute Gasteiger partial charge is 0.310 e. The third-order valence-corrected chi connectivity index (χ3v) is 6.22. The predicted octanol–water partition coefficient (Wildman–Crippen LogP) is 4.88. The quantitative estimate of drug-likeness (QED) is 0.569.